The highest BCUT2D eigenvalue weighted by molar-refractivity contribution is 6.04. The van der Waals surface area contributed by atoms with Crippen molar-refractivity contribution in [2.45, 2.75) is 13.3 Å². The molecule has 0 spiro atoms. The van der Waals surface area contributed by atoms with Gasteiger partial charge in [0.25, 0.3) is 11.8 Å². The van der Waals surface area contributed by atoms with Crippen LogP contribution >= 0.6 is 0 Å². The normalized spacial score (nSPS) is 10.0. The van der Waals surface area contributed by atoms with Gasteiger partial charge in [-0.2, -0.15) is 0 Å². The average molecular weight is 356 g/mol. The van der Waals surface area contributed by atoms with Gasteiger partial charge in [-0.05, 0) is 30.3 Å². The lowest BCUT2D eigenvalue weighted by Gasteiger charge is -2.08. The van der Waals surface area contributed by atoms with Crippen molar-refractivity contribution < 1.29 is 14.4 Å². The monoisotopic (exact) mass is 356 g/mol. The summed E-state index contributed by atoms with van der Waals surface area (Å²) in [5, 5.41) is 8.04. The van der Waals surface area contributed by atoms with Crippen LogP contribution in [0.15, 0.2) is 47.4 Å². The Bertz CT molecular complexity index is 823. The second-order valence-corrected chi connectivity index (χ2v) is 5.43. The molecule has 0 fully saturated rings. The largest absolute Gasteiger partial charge is 0.354 e. The third-order valence-electron chi connectivity index (χ3n) is 3.51. The van der Waals surface area contributed by atoms with Gasteiger partial charge in [0.15, 0.2) is 0 Å². The first kappa shape index (κ1) is 18.9. The minimum Gasteiger partial charge on any atom is -0.354 e. The molecule has 0 unspecified atom stereocenters. The molecule has 0 radical (unpaired) electrons. The van der Waals surface area contributed by atoms with Crippen molar-refractivity contribution >= 4 is 23.4 Å². The van der Waals surface area contributed by atoms with E-state index >= 15 is 0 Å². The van der Waals surface area contributed by atoms with Crippen LogP contribution in [0.4, 0.5) is 5.69 Å². The quantitative estimate of drug-likeness (QED) is 0.551. The first-order valence-electron chi connectivity index (χ1n) is 8.14. The number of pyridine rings is 1. The molecular weight excluding hydrogens is 336 g/mol. The van der Waals surface area contributed by atoms with Crippen LogP contribution in [-0.2, 0) is 4.79 Å². The summed E-state index contributed by atoms with van der Waals surface area (Å²) in [5.41, 5.74) is 0.994. The maximum Gasteiger partial charge on any atom is 0.257 e. The highest BCUT2D eigenvalue weighted by Crippen LogP contribution is 2.11. The van der Waals surface area contributed by atoms with Crippen LogP contribution in [0.3, 0.4) is 0 Å². The molecule has 136 valence electrons. The van der Waals surface area contributed by atoms with Gasteiger partial charge < -0.3 is 20.9 Å². The number of anilines is 1. The Hall–Kier alpha value is -3.42. The minimum atomic E-state index is -0.370. The molecule has 4 N–H and O–H groups in total. The van der Waals surface area contributed by atoms with Gasteiger partial charge in [0.05, 0.1) is 5.56 Å². The molecule has 1 aromatic heterocycles. The average Bonchev–Trinajstić information content (AvgIpc) is 2.65. The maximum absolute atomic E-state index is 12.1. The molecule has 26 heavy (non-hydrogen) atoms. The number of hydrogen-bond acceptors (Lipinski definition) is 4. The molecule has 0 saturated carbocycles. The van der Waals surface area contributed by atoms with Gasteiger partial charge in [0.2, 0.25) is 11.5 Å². The number of amides is 3. The molecule has 1 heterocycles. The van der Waals surface area contributed by atoms with Gasteiger partial charge in [-0.1, -0.05) is 6.92 Å². The van der Waals surface area contributed by atoms with Crippen LogP contribution in [0, 0.1) is 0 Å². The molecule has 3 amide bonds. The lowest BCUT2D eigenvalue weighted by molar-refractivity contribution is -0.120. The molecule has 0 aliphatic rings. The third-order valence-corrected chi connectivity index (χ3v) is 3.51. The predicted molar refractivity (Wildman–Crippen MR) is 97.1 cm³/mol. The van der Waals surface area contributed by atoms with E-state index in [1.165, 1.54) is 18.3 Å². The summed E-state index contributed by atoms with van der Waals surface area (Å²) in [6, 6.07) is 9.08. The SMILES string of the molecule is CCC(=O)NCCNC(=O)c1ccc(NC(=O)c2ccc(=O)[nH]c2)cc1. The summed E-state index contributed by atoms with van der Waals surface area (Å²) < 4.78 is 0. The molecular formula is C18H20N4O4. The third kappa shape index (κ3) is 5.59. The number of carbonyl (C=O) groups is 3. The highest BCUT2D eigenvalue weighted by atomic mass is 16.2. The molecule has 0 atom stereocenters. The first-order chi connectivity index (χ1) is 12.5. The van der Waals surface area contributed by atoms with E-state index in [1.54, 1.807) is 31.2 Å². The molecule has 1 aromatic carbocycles. The van der Waals surface area contributed by atoms with Gasteiger partial charge in [-0.15, -0.1) is 0 Å². The van der Waals surface area contributed by atoms with Crippen LogP contribution < -0.4 is 21.5 Å². The van der Waals surface area contributed by atoms with E-state index in [9.17, 15) is 19.2 Å². The summed E-state index contributed by atoms with van der Waals surface area (Å²) in [6.07, 6.45) is 1.73. The number of aromatic amines is 1. The number of carbonyl (C=O) groups excluding carboxylic acids is 3. The van der Waals surface area contributed by atoms with Crippen molar-refractivity contribution in [1.82, 2.24) is 15.6 Å². The number of rotatable bonds is 7. The number of aromatic nitrogens is 1. The van der Waals surface area contributed by atoms with Gasteiger partial charge >= 0.3 is 0 Å². The highest BCUT2D eigenvalue weighted by Gasteiger charge is 2.08. The van der Waals surface area contributed by atoms with Crippen molar-refractivity contribution in [1.29, 1.82) is 0 Å². The Morgan fingerprint density at radius 1 is 0.885 bits per heavy atom. The van der Waals surface area contributed by atoms with Gasteiger partial charge in [0.1, 0.15) is 0 Å². The van der Waals surface area contributed by atoms with Gasteiger partial charge in [0, 0.05) is 43.0 Å². The lowest BCUT2D eigenvalue weighted by Crippen LogP contribution is -2.34. The second-order valence-electron chi connectivity index (χ2n) is 5.43. The molecule has 0 aliphatic carbocycles. The zero-order chi connectivity index (χ0) is 18.9. The smallest absolute Gasteiger partial charge is 0.257 e. The summed E-state index contributed by atoms with van der Waals surface area (Å²) >= 11 is 0. The topological polar surface area (TPSA) is 120 Å². The molecule has 0 bridgehead atoms. The molecule has 8 heteroatoms. The van der Waals surface area contributed by atoms with Crippen molar-refractivity contribution in [2.24, 2.45) is 0 Å². The van der Waals surface area contributed by atoms with Crippen molar-refractivity contribution in [3.63, 3.8) is 0 Å². The maximum atomic E-state index is 12.1. The van der Waals surface area contributed by atoms with Crippen LogP contribution in [0.25, 0.3) is 0 Å². The fourth-order valence-electron chi connectivity index (χ4n) is 2.07. The predicted octanol–water partition coefficient (Wildman–Crippen LogP) is 0.883. The zero-order valence-electron chi connectivity index (χ0n) is 14.3. The Morgan fingerprint density at radius 3 is 2.15 bits per heavy atom. The number of nitrogens with one attached hydrogen (secondary N) is 4. The Labute approximate surface area is 150 Å². The number of benzene rings is 1. The van der Waals surface area contributed by atoms with E-state index in [1.807, 2.05) is 0 Å². The van der Waals surface area contributed by atoms with Crippen molar-refractivity contribution in [2.75, 3.05) is 18.4 Å². The van der Waals surface area contributed by atoms with Crippen LogP contribution in [0.2, 0.25) is 0 Å². The van der Waals surface area contributed by atoms with Crippen LogP contribution in [0.5, 0.6) is 0 Å². The summed E-state index contributed by atoms with van der Waals surface area (Å²) in [6.45, 7) is 2.45. The Balaban J connectivity index is 1.86. The lowest BCUT2D eigenvalue weighted by atomic mass is 10.2. The molecule has 0 saturated heterocycles. The Kier molecular flexibility index (Phi) is 6.67. The van der Waals surface area contributed by atoms with Crippen LogP contribution in [0.1, 0.15) is 34.1 Å². The zero-order valence-corrected chi connectivity index (χ0v) is 14.3. The molecule has 2 rings (SSSR count). The van der Waals surface area contributed by atoms with Crippen molar-refractivity contribution in [3.8, 4) is 0 Å². The number of hydrogen-bond donors (Lipinski definition) is 4. The Morgan fingerprint density at radius 2 is 1.54 bits per heavy atom. The van der Waals surface area contributed by atoms with Crippen LogP contribution in [-0.4, -0.2) is 35.8 Å². The summed E-state index contributed by atoms with van der Waals surface area (Å²) in [4.78, 5) is 48.6. The second kappa shape index (κ2) is 9.16. The van der Waals surface area contributed by atoms with Gasteiger partial charge in [-0.3, -0.25) is 19.2 Å². The molecule has 0 aliphatic heterocycles. The van der Waals surface area contributed by atoms with E-state index in [2.05, 4.69) is 20.9 Å². The summed E-state index contributed by atoms with van der Waals surface area (Å²) in [7, 11) is 0. The fraction of sp³-hybridized carbons (Fsp3) is 0.222. The molecule has 2 aromatic rings. The number of H-pyrrole nitrogens is 1. The van der Waals surface area contributed by atoms with Gasteiger partial charge in [-0.25, -0.2) is 0 Å². The van der Waals surface area contributed by atoms with E-state index in [0.29, 0.717) is 36.3 Å². The van der Waals surface area contributed by atoms with E-state index in [4.69, 9.17) is 0 Å². The summed E-state index contributed by atoms with van der Waals surface area (Å²) in [5.74, 6) is -0.707. The first-order valence-corrected chi connectivity index (χ1v) is 8.14. The van der Waals surface area contributed by atoms with Crippen molar-refractivity contribution in [3.05, 3.63) is 64.1 Å². The fourth-order valence-corrected chi connectivity index (χ4v) is 2.07. The van der Waals surface area contributed by atoms with E-state index in [-0.39, 0.29) is 23.3 Å². The standard InChI is InChI=1S/C18H20N4O4/c1-2-15(23)19-9-10-20-17(25)12-3-6-14(7-4-12)22-18(26)13-5-8-16(24)21-11-13/h3-8,11H,2,9-10H2,1H3,(H,19,23)(H,20,25)(H,21,24)(H,22,26). The van der Waals surface area contributed by atoms with E-state index < -0.39 is 0 Å². The molecule has 8 nitrogen and oxygen atoms in total. The minimum absolute atomic E-state index is 0.0677. The van der Waals surface area contributed by atoms with E-state index in [0.717, 1.165) is 0 Å².